The van der Waals surface area contributed by atoms with Gasteiger partial charge in [-0.05, 0) is 54.3 Å². The molecule has 0 aromatic heterocycles. The third-order valence-electron chi connectivity index (χ3n) is 4.95. The molecular weight excluding hydrogens is 419 g/mol. The van der Waals surface area contributed by atoms with Gasteiger partial charge in [-0.3, -0.25) is 4.79 Å². The van der Waals surface area contributed by atoms with E-state index in [2.05, 4.69) is 11.9 Å². The van der Waals surface area contributed by atoms with Crippen molar-refractivity contribution in [2.45, 2.75) is 33.7 Å². The topological polar surface area (TPSA) is 53.9 Å². The zero-order valence-electron chi connectivity index (χ0n) is 18.1. The van der Waals surface area contributed by atoms with Gasteiger partial charge in [0, 0.05) is 25.2 Å². The molecule has 8 heteroatoms. The lowest BCUT2D eigenvalue weighted by molar-refractivity contribution is -0.140. The Balaban J connectivity index is 1.91. The molecular formula is C24H24F3N3O2. The van der Waals surface area contributed by atoms with Crippen LogP contribution in [0.25, 0.3) is 0 Å². The highest BCUT2D eigenvalue weighted by molar-refractivity contribution is 5.87. The number of aliphatic imine (C=N–C) groups is 1. The van der Waals surface area contributed by atoms with E-state index in [1.165, 1.54) is 6.92 Å². The maximum absolute atomic E-state index is 13.7. The third kappa shape index (κ3) is 5.57. The van der Waals surface area contributed by atoms with Crippen molar-refractivity contribution in [3.63, 3.8) is 0 Å². The number of carbonyl (C=O) groups excluding carboxylic acids is 1. The number of benzene rings is 2. The molecule has 1 heterocycles. The van der Waals surface area contributed by atoms with Crippen LogP contribution in [0, 0.1) is 24.4 Å². The van der Waals surface area contributed by atoms with Crippen LogP contribution < -0.4 is 5.32 Å². The molecule has 0 saturated heterocycles. The number of guanidine groups is 1. The van der Waals surface area contributed by atoms with E-state index in [-0.39, 0.29) is 24.7 Å². The molecule has 2 aromatic carbocycles. The van der Waals surface area contributed by atoms with E-state index in [1.807, 2.05) is 32.0 Å². The lowest BCUT2D eigenvalue weighted by Crippen LogP contribution is -2.41. The minimum absolute atomic E-state index is 0.0652. The molecule has 0 saturated carbocycles. The van der Waals surface area contributed by atoms with Crippen molar-refractivity contribution >= 4 is 17.6 Å². The number of hydrogen-bond donors (Lipinski definition) is 1. The minimum Gasteiger partial charge on any atom is -0.466 e. The van der Waals surface area contributed by atoms with Gasteiger partial charge in [-0.15, -0.1) is 0 Å². The van der Waals surface area contributed by atoms with Gasteiger partial charge in [0.15, 0.2) is 17.5 Å². The number of ether oxygens (including phenoxy) is 1. The predicted octanol–water partition coefficient (Wildman–Crippen LogP) is 5.03. The molecule has 1 aliphatic rings. The van der Waals surface area contributed by atoms with Gasteiger partial charge in [-0.1, -0.05) is 18.7 Å². The minimum atomic E-state index is -1.50. The largest absolute Gasteiger partial charge is 0.466 e. The number of rotatable bonds is 6. The second-order valence-electron chi connectivity index (χ2n) is 7.56. The van der Waals surface area contributed by atoms with Crippen molar-refractivity contribution in [2.75, 3.05) is 6.61 Å². The van der Waals surface area contributed by atoms with Crippen LogP contribution in [-0.4, -0.2) is 23.4 Å². The fourth-order valence-electron chi connectivity index (χ4n) is 3.14. The molecule has 0 unspecified atom stereocenters. The molecule has 3 rings (SSSR count). The summed E-state index contributed by atoms with van der Waals surface area (Å²) in [5.41, 5.74) is 4.23. The summed E-state index contributed by atoms with van der Waals surface area (Å²) in [5, 5.41) is 3.11. The summed E-state index contributed by atoms with van der Waals surface area (Å²) in [6.45, 7) is 9.39. The Bertz CT molecular complexity index is 1100. The highest BCUT2D eigenvalue weighted by atomic mass is 19.2. The quantitative estimate of drug-likeness (QED) is 0.503. The Morgan fingerprint density at radius 1 is 1.12 bits per heavy atom. The van der Waals surface area contributed by atoms with Crippen LogP contribution in [0.1, 0.15) is 30.5 Å². The molecule has 1 aliphatic heterocycles. The van der Waals surface area contributed by atoms with Crippen LogP contribution in [-0.2, 0) is 22.5 Å². The van der Waals surface area contributed by atoms with Gasteiger partial charge in [0.25, 0.3) is 0 Å². The van der Waals surface area contributed by atoms with Gasteiger partial charge >= 0.3 is 5.97 Å². The first-order valence-corrected chi connectivity index (χ1v) is 10.0. The first-order chi connectivity index (χ1) is 15.1. The predicted molar refractivity (Wildman–Crippen MR) is 117 cm³/mol. The van der Waals surface area contributed by atoms with Gasteiger partial charge in [0.1, 0.15) is 0 Å². The summed E-state index contributed by atoms with van der Waals surface area (Å²) < 4.78 is 45.7. The molecule has 1 N–H and O–H groups in total. The average Bonchev–Trinajstić information content (AvgIpc) is 2.72. The average molecular weight is 443 g/mol. The number of esters is 1. The van der Waals surface area contributed by atoms with E-state index in [0.717, 1.165) is 28.8 Å². The Kier molecular flexibility index (Phi) is 7.02. The van der Waals surface area contributed by atoms with Crippen molar-refractivity contribution in [2.24, 2.45) is 4.99 Å². The molecule has 5 nitrogen and oxygen atoms in total. The second-order valence-corrected chi connectivity index (χ2v) is 7.56. The highest BCUT2D eigenvalue weighted by Gasteiger charge is 2.20. The first-order valence-electron chi connectivity index (χ1n) is 10.0. The summed E-state index contributed by atoms with van der Waals surface area (Å²) >= 11 is 0. The third-order valence-corrected chi connectivity index (χ3v) is 4.95. The highest BCUT2D eigenvalue weighted by Crippen LogP contribution is 2.24. The van der Waals surface area contributed by atoms with E-state index >= 15 is 0 Å². The Hall–Kier alpha value is -3.55. The first kappa shape index (κ1) is 23.1. The van der Waals surface area contributed by atoms with Gasteiger partial charge in [-0.25, -0.2) is 18.2 Å². The van der Waals surface area contributed by atoms with Crippen LogP contribution in [0.15, 0.2) is 59.4 Å². The van der Waals surface area contributed by atoms with E-state index < -0.39 is 17.5 Å². The molecule has 0 radical (unpaired) electrons. The zero-order chi connectivity index (χ0) is 23.4. The standard InChI is InChI=1S/C24H24F3N3O2/c1-14-5-6-18(7-8-32-17(4)31)11-22(14)29-24-28-16(3)15(2)12-30(24)13-19-9-20(25)23(27)21(26)10-19/h5-6,9-12H,3,7-8,13H2,1-2,4H3,(H,28,29). The maximum atomic E-state index is 13.7. The van der Waals surface area contributed by atoms with Gasteiger partial charge in [0.2, 0.25) is 5.96 Å². The smallest absolute Gasteiger partial charge is 0.302 e. The van der Waals surface area contributed by atoms with Crippen molar-refractivity contribution < 1.29 is 22.7 Å². The lowest BCUT2D eigenvalue weighted by Gasteiger charge is -2.30. The Morgan fingerprint density at radius 2 is 1.81 bits per heavy atom. The van der Waals surface area contributed by atoms with Crippen molar-refractivity contribution in [3.05, 3.63) is 88.5 Å². The fraction of sp³-hybridized carbons (Fsp3) is 0.250. The number of aryl methyl sites for hydroxylation is 1. The van der Waals surface area contributed by atoms with Crippen LogP contribution in [0.3, 0.4) is 0 Å². The summed E-state index contributed by atoms with van der Waals surface area (Å²) in [5.74, 6) is -3.92. The number of carbonyl (C=O) groups is 1. The number of nitrogens with one attached hydrogen (secondary N) is 1. The van der Waals surface area contributed by atoms with E-state index in [4.69, 9.17) is 9.73 Å². The second kappa shape index (κ2) is 9.72. The number of hydrogen-bond acceptors (Lipinski definition) is 3. The molecule has 32 heavy (non-hydrogen) atoms. The van der Waals surface area contributed by atoms with Crippen molar-refractivity contribution in [1.29, 1.82) is 0 Å². The van der Waals surface area contributed by atoms with Gasteiger partial charge < -0.3 is 15.0 Å². The fourth-order valence-corrected chi connectivity index (χ4v) is 3.14. The molecule has 168 valence electrons. The monoisotopic (exact) mass is 443 g/mol. The molecule has 0 amide bonds. The molecule has 2 aromatic rings. The lowest BCUT2D eigenvalue weighted by atomic mass is 10.1. The summed E-state index contributed by atoms with van der Waals surface area (Å²) in [6, 6.07) is 7.65. The number of halogens is 3. The van der Waals surface area contributed by atoms with E-state index in [0.29, 0.717) is 23.8 Å². The van der Waals surface area contributed by atoms with Gasteiger partial charge in [-0.2, -0.15) is 0 Å². The normalized spacial score (nSPS) is 14.9. The van der Waals surface area contributed by atoms with Gasteiger partial charge in [0.05, 0.1) is 18.8 Å². The van der Waals surface area contributed by atoms with E-state index in [9.17, 15) is 18.0 Å². The molecule has 0 aliphatic carbocycles. The summed E-state index contributed by atoms with van der Waals surface area (Å²) in [4.78, 5) is 17.4. The van der Waals surface area contributed by atoms with Crippen LogP contribution >= 0.6 is 0 Å². The number of nitrogens with zero attached hydrogens (tertiary/aromatic N) is 2. The van der Waals surface area contributed by atoms with Crippen molar-refractivity contribution in [3.8, 4) is 0 Å². The van der Waals surface area contributed by atoms with E-state index in [1.54, 1.807) is 11.1 Å². The zero-order valence-corrected chi connectivity index (χ0v) is 18.1. The maximum Gasteiger partial charge on any atom is 0.302 e. The molecule has 0 bridgehead atoms. The summed E-state index contributed by atoms with van der Waals surface area (Å²) in [7, 11) is 0. The molecule has 0 spiro atoms. The summed E-state index contributed by atoms with van der Waals surface area (Å²) in [6.07, 6.45) is 2.30. The Labute approximate surface area is 184 Å². The SMILES string of the molecule is C=C1NC(=Nc2cc(CCOC(C)=O)ccc2C)N(Cc2cc(F)c(F)c(F)c2)C=C1C. The van der Waals surface area contributed by atoms with Crippen molar-refractivity contribution in [1.82, 2.24) is 10.2 Å². The van der Waals surface area contributed by atoms with Crippen LogP contribution in [0.5, 0.6) is 0 Å². The van der Waals surface area contributed by atoms with Crippen LogP contribution in [0.2, 0.25) is 0 Å². The van der Waals surface area contributed by atoms with Crippen LogP contribution in [0.4, 0.5) is 18.9 Å². The molecule has 0 atom stereocenters. The Morgan fingerprint density at radius 3 is 2.47 bits per heavy atom. The molecule has 0 fully saturated rings. The number of allylic oxidation sites excluding steroid dienone is 1.